The molecule has 0 spiro atoms. The fourth-order valence-electron chi connectivity index (χ4n) is 2.01. The SMILES string of the molecule is COc1ccc(Cl)c(Nc2ncnc(NN)c2C(C)C)c1. The topological polar surface area (TPSA) is 85.1 Å². The van der Waals surface area contributed by atoms with Crippen molar-refractivity contribution in [2.75, 3.05) is 17.9 Å². The number of nitrogens with zero attached hydrogens (tertiary/aromatic N) is 2. The summed E-state index contributed by atoms with van der Waals surface area (Å²) in [5.74, 6) is 7.64. The molecule has 2 rings (SSSR count). The van der Waals surface area contributed by atoms with Crippen LogP contribution in [0.3, 0.4) is 0 Å². The molecule has 0 atom stereocenters. The Morgan fingerprint density at radius 2 is 1.95 bits per heavy atom. The number of nitrogen functional groups attached to an aromatic ring is 1. The van der Waals surface area contributed by atoms with Gasteiger partial charge in [-0.2, -0.15) is 0 Å². The molecule has 2 aromatic rings. The minimum Gasteiger partial charge on any atom is -0.497 e. The zero-order valence-corrected chi connectivity index (χ0v) is 12.9. The number of hydrazine groups is 1. The van der Waals surface area contributed by atoms with Crippen LogP contribution in [-0.4, -0.2) is 17.1 Å². The first-order chi connectivity index (χ1) is 10.1. The third-order valence-electron chi connectivity index (χ3n) is 3.02. The lowest BCUT2D eigenvalue weighted by molar-refractivity contribution is 0.415. The number of halogens is 1. The second-order valence-electron chi connectivity index (χ2n) is 4.75. The Hall–Kier alpha value is -2.05. The van der Waals surface area contributed by atoms with Crippen LogP contribution in [0.25, 0.3) is 0 Å². The number of hydrogen-bond acceptors (Lipinski definition) is 6. The van der Waals surface area contributed by atoms with Crippen LogP contribution < -0.4 is 21.3 Å². The highest BCUT2D eigenvalue weighted by atomic mass is 35.5. The van der Waals surface area contributed by atoms with Crippen LogP contribution in [0.5, 0.6) is 5.75 Å². The van der Waals surface area contributed by atoms with Crippen LogP contribution in [0.15, 0.2) is 24.5 Å². The summed E-state index contributed by atoms with van der Waals surface area (Å²) in [7, 11) is 1.60. The van der Waals surface area contributed by atoms with E-state index in [9.17, 15) is 0 Å². The molecular weight excluding hydrogens is 290 g/mol. The second-order valence-corrected chi connectivity index (χ2v) is 5.16. The minimum absolute atomic E-state index is 0.184. The molecule has 0 aliphatic rings. The monoisotopic (exact) mass is 307 g/mol. The van der Waals surface area contributed by atoms with Gasteiger partial charge in [-0.1, -0.05) is 25.4 Å². The summed E-state index contributed by atoms with van der Waals surface area (Å²) in [4.78, 5) is 8.42. The Kier molecular flexibility index (Phi) is 4.82. The molecule has 4 N–H and O–H groups in total. The number of nitrogens with one attached hydrogen (secondary N) is 2. The van der Waals surface area contributed by atoms with Gasteiger partial charge in [0.2, 0.25) is 0 Å². The molecule has 1 aromatic carbocycles. The van der Waals surface area contributed by atoms with E-state index in [1.165, 1.54) is 6.33 Å². The van der Waals surface area contributed by atoms with E-state index in [1.54, 1.807) is 19.2 Å². The lowest BCUT2D eigenvalue weighted by Gasteiger charge is -2.17. The Balaban J connectivity index is 2.44. The van der Waals surface area contributed by atoms with Crippen LogP contribution in [-0.2, 0) is 0 Å². The number of methoxy groups -OCH3 is 1. The van der Waals surface area contributed by atoms with Crippen LogP contribution >= 0.6 is 11.6 Å². The summed E-state index contributed by atoms with van der Waals surface area (Å²) in [6.45, 7) is 4.08. The lowest BCUT2D eigenvalue weighted by Crippen LogP contribution is -2.14. The van der Waals surface area contributed by atoms with E-state index in [4.69, 9.17) is 22.2 Å². The summed E-state index contributed by atoms with van der Waals surface area (Å²) in [5, 5.41) is 3.79. The smallest absolute Gasteiger partial charge is 0.148 e. The highest BCUT2D eigenvalue weighted by Crippen LogP contribution is 2.33. The number of benzene rings is 1. The van der Waals surface area contributed by atoms with E-state index < -0.39 is 0 Å². The summed E-state index contributed by atoms with van der Waals surface area (Å²) in [6, 6.07) is 5.37. The zero-order valence-electron chi connectivity index (χ0n) is 12.1. The minimum atomic E-state index is 0.184. The van der Waals surface area contributed by atoms with Crippen molar-refractivity contribution in [3.63, 3.8) is 0 Å². The van der Waals surface area contributed by atoms with Gasteiger partial charge in [0.15, 0.2) is 0 Å². The second kappa shape index (κ2) is 6.60. The first-order valence-electron chi connectivity index (χ1n) is 6.49. The van der Waals surface area contributed by atoms with Crippen molar-refractivity contribution in [2.24, 2.45) is 5.84 Å². The van der Waals surface area contributed by atoms with E-state index in [0.29, 0.717) is 28.1 Å². The van der Waals surface area contributed by atoms with Gasteiger partial charge in [-0.3, -0.25) is 0 Å². The molecule has 0 aliphatic heterocycles. The van der Waals surface area contributed by atoms with Gasteiger partial charge in [0.05, 0.1) is 17.8 Å². The van der Waals surface area contributed by atoms with Crippen LogP contribution in [0.4, 0.5) is 17.3 Å². The molecule has 7 heteroatoms. The van der Waals surface area contributed by atoms with E-state index in [2.05, 4.69) is 20.7 Å². The van der Waals surface area contributed by atoms with Gasteiger partial charge in [-0.25, -0.2) is 15.8 Å². The standard InChI is InChI=1S/C14H18ClN5O/c1-8(2)12-13(17-7-18-14(12)20-16)19-11-6-9(21-3)4-5-10(11)15/h4-8H,16H2,1-3H3,(H2,17,18,19,20). The molecule has 0 aliphatic carbocycles. The average Bonchev–Trinajstić information content (AvgIpc) is 2.48. The molecule has 0 bridgehead atoms. The number of hydrogen-bond donors (Lipinski definition) is 3. The van der Waals surface area contributed by atoms with Crippen LogP contribution in [0.2, 0.25) is 5.02 Å². The Morgan fingerprint density at radius 3 is 2.57 bits per heavy atom. The van der Waals surface area contributed by atoms with Crippen molar-refractivity contribution in [3.05, 3.63) is 35.1 Å². The molecule has 6 nitrogen and oxygen atoms in total. The van der Waals surface area contributed by atoms with E-state index in [-0.39, 0.29) is 5.92 Å². The maximum atomic E-state index is 6.21. The Labute approximate surface area is 128 Å². The van der Waals surface area contributed by atoms with Crippen molar-refractivity contribution in [2.45, 2.75) is 19.8 Å². The Bertz CT molecular complexity index is 633. The fourth-order valence-corrected chi connectivity index (χ4v) is 2.18. The first kappa shape index (κ1) is 15.3. The normalized spacial score (nSPS) is 10.6. The van der Waals surface area contributed by atoms with Gasteiger partial charge in [0.1, 0.15) is 23.7 Å². The van der Waals surface area contributed by atoms with Gasteiger partial charge < -0.3 is 15.5 Å². The fraction of sp³-hybridized carbons (Fsp3) is 0.286. The summed E-state index contributed by atoms with van der Waals surface area (Å²) in [6.07, 6.45) is 1.44. The predicted molar refractivity (Wildman–Crippen MR) is 85.2 cm³/mol. The molecule has 0 saturated heterocycles. The largest absolute Gasteiger partial charge is 0.497 e. The van der Waals surface area contributed by atoms with Crippen molar-refractivity contribution in [1.82, 2.24) is 9.97 Å². The van der Waals surface area contributed by atoms with Gasteiger partial charge in [-0.15, -0.1) is 0 Å². The number of anilines is 3. The third-order valence-corrected chi connectivity index (χ3v) is 3.35. The summed E-state index contributed by atoms with van der Waals surface area (Å²) < 4.78 is 5.21. The summed E-state index contributed by atoms with van der Waals surface area (Å²) >= 11 is 6.21. The molecule has 0 amide bonds. The molecule has 0 saturated carbocycles. The number of ether oxygens (including phenoxy) is 1. The van der Waals surface area contributed by atoms with Gasteiger partial charge >= 0.3 is 0 Å². The highest BCUT2D eigenvalue weighted by molar-refractivity contribution is 6.33. The molecule has 112 valence electrons. The highest BCUT2D eigenvalue weighted by Gasteiger charge is 2.15. The molecule has 1 aromatic heterocycles. The van der Waals surface area contributed by atoms with Crippen molar-refractivity contribution >= 4 is 28.9 Å². The number of aromatic nitrogens is 2. The average molecular weight is 308 g/mol. The van der Waals surface area contributed by atoms with E-state index in [0.717, 1.165) is 5.56 Å². The molecule has 0 fully saturated rings. The van der Waals surface area contributed by atoms with Gasteiger partial charge in [0, 0.05) is 11.6 Å². The molecule has 1 heterocycles. The van der Waals surface area contributed by atoms with Crippen molar-refractivity contribution in [3.8, 4) is 5.75 Å². The van der Waals surface area contributed by atoms with Crippen LogP contribution in [0.1, 0.15) is 25.3 Å². The molecule has 0 unspecified atom stereocenters. The number of nitrogens with two attached hydrogens (primary N) is 1. The predicted octanol–water partition coefficient (Wildman–Crippen LogP) is 3.29. The van der Waals surface area contributed by atoms with Crippen LogP contribution in [0, 0.1) is 0 Å². The lowest BCUT2D eigenvalue weighted by atomic mass is 10.0. The molecular formula is C14H18ClN5O. The summed E-state index contributed by atoms with van der Waals surface area (Å²) in [5.41, 5.74) is 4.19. The maximum absolute atomic E-state index is 6.21. The quantitative estimate of drug-likeness (QED) is 0.580. The third kappa shape index (κ3) is 3.34. The van der Waals surface area contributed by atoms with E-state index in [1.807, 2.05) is 19.9 Å². The Morgan fingerprint density at radius 1 is 1.24 bits per heavy atom. The van der Waals surface area contributed by atoms with Gasteiger partial charge in [-0.05, 0) is 18.1 Å². The maximum Gasteiger partial charge on any atom is 0.148 e. The van der Waals surface area contributed by atoms with E-state index >= 15 is 0 Å². The first-order valence-corrected chi connectivity index (χ1v) is 6.86. The van der Waals surface area contributed by atoms with Gasteiger partial charge in [0.25, 0.3) is 0 Å². The zero-order chi connectivity index (χ0) is 15.4. The molecule has 21 heavy (non-hydrogen) atoms. The van der Waals surface area contributed by atoms with Crippen molar-refractivity contribution < 1.29 is 4.74 Å². The molecule has 0 radical (unpaired) electrons. The number of rotatable bonds is 5. The van der Waals surface area contributed by atoms with Crippen molar-refractivity contribution in [1.29, 1.82) is 0 Å².